The Hall–Kier alpha value is -2.67. The Morgan fingerprint density at radius 2 is 2.04 bits per heavy atom. The van der Waals surface area contributed by atoms with E-state index in [1.165, 1.54) is 4.57 Å². The highest BCUT2D eigenvalue weighted by Crippen LogP contribution is 2.10. The Balaban J connectivity index is 1.73. The zero-order valence-electron chi connectivity index (χ0n) is 14.1. The van der Waals surface area contributed by atoms with Crippen molar-refractivity contribution in [3.63, 3.8) is 0 Å². The van der Waals surface area contributed by atoms with Crippen molar-refractivity contribution in [2.24, 2.45) is 0 Å². The molecule has 2 heterocycles. The maximum absolute atomic E-state index is 12.6. The van der Waals surface area contributed by atoms with Crippen molar-refractivity contribution in [3.8, 4) is 0 Å². The van der Waals surface area contributed by atoms with Gasteiger partial charge in [-0.1, -0.05) is 12.1 Å². The Labute approximate surface area is 149 Å². The maximum Gasteiger partial charge on any atom is 0.262 e. The lowest BCUT2D eigenvalue weighted by atomic mass is 10.2. The number of H-pyrrole nitrogens is 1. The van der Waals surface area contributed by atoms with Gasteiger partial charge in [0.2, 0.25) is 5.91 Å². The van der Waals surface area contributed by atoms with Crippen molar-refractivity contribution in [1.82, 2.24) is 14.5 Å². The second-order valence-corrected chi connectivity index (χ2v) is 6.33. The van der Waals surface area contributed by atoms with Crippen LogP contribution in [0, 0.1) is 11.7 Å². The van der Waals surface area contributed by atoms with E-state index in [2.05, 4.69) is 4.98 Å². The number of para-hydroxylation sites is 1. The molecular formula is C18H19N3O3S. The number of carbonyl (C=O) groups is 1. The smallest absolute Gasteiger partial charge is 0.262 e. The lowest BCUT2D eigenvalue weighted by molar-refractivity contribution is -0.130. The van der Waals surface area contributed by atoms with Crippen LogP contribution in [0.2, 0.25) is 0 Å². The number of aromatic amines is 1. The molecule has 1 aromatic carbocycles. The van der Waals surface area contributed by atoms with E-state index in [0.717, 1.165) is 11.5 Å². The number of nitrogens with one attached hydrogen (secondary N) is 1. The standard InChI is InChI=1S/C18H19N3O3S/c1-12-7-8-13(24-12)11-20(2)16(22)9-10-21-17(23)14-5-3-4-6-15(14)19-18(21)25/h3-8H,9-11H2,1-2H3,(H,19,25). The van der Waals surface area contributed by atoms with Crippen molar-refractivity contribution < 1.29 is 9.21 Å². The van der Waals surface area contributed by atoms with Gasteiger partial charge in [-0.05, 0) is 43.4 Å². The molecule has 0 aliphatic carbocycles. The quantitative estimate of drug-likeness (QED) is 0.713. The van der Waals surface area contributed by atoms with Crippen molar-refractivity contribution in [2.75, 3.05) is 7.05 Å². The van der Waals surface area contributed by atoms with Gasteiger partial charge in [0.15, 0.2) is 4.77 Å². The van der Waals surface area contributed by atoms with Gasteiger partial charge in [-0.2, -0.15) is 0 Å². The molecule has 0 bridgehead atoms. The molecular weight excluding hydrogens is 338 g/mol. The fourth-order valence-corrected chi connectivity index (χ4v) is 2.98. The first-order valence-corrected chi connectivity index (χ1v) is 8.37. The molecule has 0 saturated heterocycles. The van der Waals surface area contributed by atoms with Gasteiger partial charge in [0.1, 0.15) is 11.5 Å². The lowest BCUT2D eigenvalue weighted by Gasteiger charge is -2.16. The summed E-state index contributed by atoms with van der Waals surface area (Å²) in [6, 6.07) is 10.9. The molecule has 25 heavy (non-hydrogen) atoms. The number of furan rings is 1. The largest absolute Gasteiger partial charge is 0.464 e. The molecule has 3 rings (SSSR count). The van der Waals surface area contributed by atoms with Gasteiger partial charge in [-0.15, -0.1) is 0 Å². The third-order valence-electron chi connectivity index (χ3n) is 4.05. The van der Waals surface area contributed by atoms with Gasteiger partial charge in [0, 0.05) is 20.0 Å². The van der Waals surface area contributed by atoms with Crippen LogP contribution in [-0.4, -0.2) is 27.4 Å². The van der Waals surface area contributed by atoms with E-state index in [9.17, 15) is 9.59 Å². The normalized spacial score (nSPS) is 11.0. The minimum atomic E-state index is -0.184. The fraction of sp³-hybridized carbons (Fsp3) is 0.278. The number of benzene rings is 1. The zero-order chi connectivity index (χ0) is 18.0. The van der Waals surface area contributed by atoms with E-state index in [1.54, 1.807) is 30.1 Å². The third kappa shape index (κ3) is 3.71. The highest BCUT2D eigenvalue weighted by molar-refractivity contribution is 7.71. The van der Waals surface area contributed by atoms with Gasteiger partial charge in [-0.3, -0.25) is 14.2 Å². The number of rotatable bonds is 5. The molecule has 6 nitrogen and oxygen atoms in total. The third-order valence-corrected chi connectivity index (χ3v) is 4.38. The molecule has 1 N–H and O–H groups in total. The number of fused-ring (bicyclic) bond motifs is 1. The summed E-state index contributed by atoms with van der Waals surface area (Å²) in [6.45, 7) is 2.49. The number of nitrogens with zero attached hydrogens (tertiary/aromatic N) is 2. The van der Waals surface area contributed by atoms with E-state index in [-0.39, 0.29) is 24.4 Å². The zero-order valence-corrected chi connectivity index (χ0v) is 14.9. The minimum absolute atomic E-state index is 0.0801. The van der Waals surface area contributed by atoms with Gasteiger partial charge >= 0.3 is 0 Å². The monoisotopic (exact) mass is 357 g/mol. The number of aryl methyl sites for hydroxylation is 1. The van der Waals surface area contributed by atoms with Crippen LogP contribution in [0.5, 0.6) is 0 Å². The van der Waals surface area contributed by atoms with Crippen LogP contribution in [0.3, 0.4) is 0 Å². The second-order valence-electron chi connectivity index (χ2n) is 5.94. The van der Waals surface area contributed by atoms with Gasteiger partial charge in [0.05, 0.1) is 17.4 Å². The van der Waals surface area contributed by atoms with E-state index < -0.39 is 0 Å². The minimum Gasteiger partial charge on any atom is -0.464 e. The van der Waals surface area contributed by atoms with E-state index in [0.29, 0.717) is 22.2 Å². The first-order valence-electron chi connectivity index (χ1n) is 7.97. The molecule has 0 saturated carbocycles. The lowest BCUT2D eigenvalue weighted by Crippen LogP contribution is -2.29. The molecule has 0 aliphatic rings. The number of hydrogen-bond donors (Lipinski definition) is 1. The van der Waals surface area contributed by atoms with Crippen LogP contribution in [0.4, 0.5) is 0 Å². The highest BCUT2D eigenvalue weighted by Gasteiger charge is 2.13. The summed E-state index contributed by atoms with van der Waals surface area (Å²) in [5.41, 5.74) is 0.516. The van der Waals surface area contributed by atoms with Crippen LogP contribution in [0.15, 0.2) is 45.6 Å². The van der Waals surface area contributed by atoms with E-state index in [4.69, 9.17) is 16.6 Å². The molecule has 7 heteroatoms. The molecule has 130 valence electrons. The van der Waals surface area contributed by atoms with Crippen molar-refractivity contribution in [1.29, 1.82) is 0 Å². The number of hydrogen-bond acceptors (Lipinski definition) is 4. The predicted octanol–water partition coefficient (Wildman–Crippen LogP) is 3.01. The molecule has 0 atom stereocenters. The van der Waals surface area contributed by atoms with Crippen molar-refractivity contribution >= 4 is 29.0 Å². The van der Waals surface area contributed by atoms with Crippen LogP contribution >= 0.6 is 12.2 Å². The SMILES string of the molecule is Cc1ccc(CN(C)C(=O)CCn2c(=S)[nH]c3ccccc3c2=O)o1. The molecule has 3 aromatic rings. The molecule has 1 amide bonds. The molecule has 0 aliphatic heterocycles. The molecule has 0 radical (unpaired) electrons. The fourth-order valence-electron chi connectivity index (χ4n) is 2.69. The van der Waals surface area contributed by atoms with Crippen LogP contribution < -0.4 is 5.56 Å². The van der Waals surface area contributed by atoms with Crippen LogP contribution in [0.1, 0.15) is 17.9 Å². The number of carbonyl (C=O) groups excluding carboxylic acids is 1. The summed E-state index contributed by atoms with van der Waals surface area (Å²) in [4.78, 5) is 29.5. The van der Waals surface area contributed by atoms with Gasteiger partial charge in [-0.25, -0.2) is 0 Å². The van der Waals surface area contributed by atoms with Crippen LogP contribution in [0.25, 0.3) is 10.9 Å². The summed E-state index contributed by atoms with van der Waals surface area (Å²) >= 11 is 5.26. The summed E-state index contributed by atoms with van der Waals surface area (Å²) in [5, 5.41) is 0.558. The molecule has 0 spiro atoms. The summed E-state index contributed by atoms with van der Waals surface area (Å²) < 4.78 is 7.23. The second kappa shape index (κ2) is 7.06. The summed E-state index contributed by atoms with van der Waals surface area (Å²) in [6.07, 6.45) is 0.186. The summed E-state index contributed by atoms with van der Waals surface area (Å²) in [5.74, 6) is 1.46. The first-order chi connectivity index (χ1) is 12.0. The average Bonchev–Trinajstić information content (AvgIpc) is 2.99. The van der Waals surface area contributed by atoms with Gasteiger partial charge < -0.3 is 14.3 Å². The number of aromatic nitrogens is 2. The Morgan fingerprint density at radius 1 is 1.28 bits per heavy atom. The average molecular weight is 357 g/mol. The first kappa shape index (κ1) is 17.2. The Morgan fingerprint density at radius 3 is 2.76 bits per heavy atom. The predicted molar refractivity (Wildman–Crippen MR) is 97.9 cm³/mol. The molecule has 0 unspecified atom stereocenters. The molecule has 0 fully saturated rings. The van der Waals surface area contributed by atoms with Crippen molar-refractivity contribution in [3.05, 3.63) is 63.0 Å². The molecule has 2 aromatic heterocycles. The Kier molecular flexibility index (Phi) is 4.85. The summed E-state index contributed by atoms with van der Waals surface area (Å²) in [7, 11) is 1.71. The van der Waals surface area contributed by atoms with Crippen LogP contribution in [-0.2, 0) is 17.9 Å². The maximum atomic E-state index is 12.6. The van der Waals surface area contributed by atoms with E-state index in [1.807, 2.05) is 25.1 Å². The highest BCUT2D eigenvalue weighted by atomic mass is 32.1. The van der Waals surface area contributed by atoms with Crippen molar-refractivity contribution in [2.45, 2.75) is 26.4 Å². The Bertz CT molecular complexity index is 1030. The van der Waals surface area contributed by atoms with Gasteiger partial charge in [0.25, 0.3) is 5.56 Å². The van der Waals surface area contributed by atoms with E-state index >= 15 is 0 Å². The number of amides is 1. The topological polar surface area (TPSA) is 71.2 Å².